The first kappa shape index (κ1) is 23.3. The molecule has 0 aliphatic heterocycles. The smallest absolute Gasteiger partial charge is 0.295 e. The molecule has 0 saturated carbocycles. The highest BCUT2D eigenvalue weighted by Crippen LogP contribution is 2.43. The third kappa shape index (κ3) is 3.52. The largest absolute Gasteiger partial charge is 0.335 e. The zero-order chi connectivity index (χ0) is 27.5. The van der Waals surface area contributed by atoms with Gasteiger partial charge in [-0.25, -0.2) is 19.3 Å². The van der Waals surface area contributed by atoms with Gasteiger partial charge in [0.2, 0.25) is 5.95 Å². The summed E-state index contributed by atoms with van der Waals surface area (Å²) in [5.41, 5.74) is 5.83. The second-order valence-corrected chi connectivity index (χ2v) is 10.3. The predicted octanol–water partition coefficient (Wildman–Crippen LogP) is 7.91. The van der Waals surface area contributed by atoms with Gasteiger partial charge in [0.05, 0.1) is 11.0 Å². The Hall–Kier alpha value is -5.55. The van der Waals surface area contributed by atoms with Crippen LogP contribution in [0.3, 0.4) is 0 Å². The van der Waals surface area contributed by atoms with E-state index in [1.807, 2.05) is 36.7 Å². The summed E-state index contributed by atoms with van der Waals surface area (Å²) in [5, 5.41) is 7.05. The Bertz CT molecular complexity index is 2290. The summed E-state index contributed by atoms with van der Waals surface area (Å²) in [7, 11) is 1.77. The zero-order valence-corrected chi connectivity index (χ0v) is 22.3. The minimum atomic E-state index is -0.172. The van der Waals surface area contributed by atoms with Crippen LogP contribution >= 0.6 is 0 Å². The molecule has 0 atom stereocenters. The number of aromatic nitrogens is 4. The van der Waals surface area contributed by atoms with Crippen LogP contribution in [0.15, 0.2) is 132 Å². The summed E-state index contributed by atoms with van der Waals surface area (Å²) >= 11 is 0. The van der Waals surface area contributed by atoms with Gasteiger partial charge in [-0.2, -0.15) is 0 Å². The normalized spacial score (nSPS) is 11.6. The van der Waals surface area contributed by atoms with E-state index >= 15 is 0 Å². The lowest BCUT2D eigenvalue weighted by Crippen LogP contribution is -2.22. The van der Waals surface area contributed by atoms with Crippen molar-refractivity contribution in [3.63, 3.8) is 0 Å². The van der Waals surface area contributed by atoms with Gasteiger partial charge >= 0.3 is 5.69 Å². The fourth-order valence-electron chi connectivity index (χ4n) is 6.15. The van der Waals surface area contributed by atoms with E-state index in [0.29, 0.717) is 5.95 Å². The summed E-state index contributed by atoms with van der Waals surface area (Å²) in [6, 6.07) is 39.9. The predicted molar refractivity (Wildman–Crippen MR) is 167 cm³/mol. The van der Waals surface area contributed by atoms with Crippen LogP contribution in [-0.4, -0.2) is 19.1 Å². The molecule has 5 nitrogen and oxygen atoms in total. The van der Waals surface area contributed by atoms with Gasteiger partial charge in [-0.15, -0.1) is 0 Å². The van der Waals surface area contributed by atoms with E-state index in [1.54, 1.807) is 16.2 Å². The number of imidazole rings is 1. The number of para-hydroxylation sites is 2. The highest BCUT2D eigenvalue weighted by molar-refractivity contribution is 6.21. The number of rotatable bonds is 3. The van der Waals surface area contributed by atoms with Gasteiger partial charge in [-0.3, -0.25) is 4.57 Å². The Kier molecular flexibility index (Phi) is 5.12. The Morgan fingerprint density at radius 1 is 0.537 bits per heavy atom. The third-order valence-corrected chi connectivity index (χ3v) is 8.06. The molecule has 8 rings (SSSR count). The van der Waals surface area contributed by atoms with Crippen LogP contribution in [0, 0.1) is 0 Å². The van der Waals surface area contributed by atoms with Crippen molar-refractivity contribution in [2.24, 2.45) is 7.05 Å². The second-order valence-electron chi connectivity index (χ2n) is 10.3. The van der Waals surface area contributed by atoms with Gasteiger partial charge in [-0.05, 0) is 61.6 Å². The Morgan fingerprint density at radius 2 is 1.05 bits per heavy atom. The molecule has 0 N–H and O–H groups in total. The fraction of sp³-hybridized carbons (Fsp3) is 0.0278. The molecule has 0 aliphatic rings. The molecule has 2 aromatic heterocycles. The molecule has 194 valence electrons. The van der Waals surface area contributed by atoms with Crippen molar-refractivity contribution in [3.05, 3.63) is 138 Å². The van der Waals surface area contributed by atoms with Crippen LogP contribution < -0.4 is 5.69 Å². The van der Waals surface area contributed by atoms with Gasteiger partial charge in [-0.1, -0.05) is 97.1 Å². The molecule has 6 aromatic carbocycles. The minimum absolute atomic E-state index is 0.172. The highest BCUT2D eigenvalue weighted by atomic mass is 16.1. The summed E-state index contributed by atoms with van der Waals surface area (Å²) in [6.07, 6.45) is 3.67. The van der Waals surface area contributed by atoms with Gasteiger partial charge in [0.15, 0.2) is 0 Å². The maximum absolute atomic E-state index is 13.1. The van der Waals surface area contributed by atoms with Crippen LogP contribution in [-0.2, 0) is 7.05 Å². The van der Waals surface area contributed by atoms with Crippen molar-refractivity contribution in [1.29, 1.82) is 0 Å². The second kappa shape index (κ2) is 9.00. The van der Waals surface area contributed by atoms with E-state index in [0.717, 1.165) is 32.9 Å². The van der Waals surface area contributed by atoms with Crippen LogP contribution in [0.2, 0.25) is 0 Å². The molecule has 8 aromatic rings. The molecule has 0 amide bonds. The Labute approximate surface area is 235 Å². The number of hydrogen-bond donors (Lipinski definition) is 0. The molecular weight excluding hydrogens is 504 g/mol. The van der Waals surface area contributed by atoms with Crippen LogP contribution in [0.4, 0.5) is 0 Å². The first-order chi connectivity index (χ1) is 20.2. The standard InChI is InChI=1S/C36H24N4O/c1-39-31-16-8-9-17-32(31)40(36(39)41)35-37-21-26(22-38-35)34-29-14-6-4-12-27(29)33(28-13-5-7-15-30(28)34)25-19-18-23-10-2-3-11-24(23)20-25/h2-22H,1H3. The lowest BCUT2D eigenvalue weighted by atomic mass is 9.86. The molecule has 0 unspecified atom stereocenters. The van der Waals surface area contributed by atoms with Crippen molar-refractivity contribution in [3.8, 4) is 28.2 Å². The molecule has 0 aliphatic carbocycles. The SMILES string of the molecule is Cn1c(=O)n(-c2ncc(-c3c4ccccc4c(-c4ccc5ccccc5c4)c4ccccc34)cn2)c2ccccc21. The zero-order valence-electron chi connectivity index (χ0n) is 22.3. The van der Waals surface area contributed by atoms with Gasteiger partial charge < -0.3 is 0 Å². The van der Waals surface area contributed by atoms with Crippen molar-refractivity contribution >= 4 is 43.4 Å². The molecular formula is C36H24N4O. The first-order valence-electron chi connectivity index (χ1n) is 13.6. The van der Waals surface area contributed by atoms with E-state index in [4.69, 9.17) is 9.97 Å². The van der Waals surface area contributed by atoms with Crippen LogP contribution in [0.5, 0.6) is 0 Å². The van der Waals surface area contributed by atoms with E-state index in [-0.39, 0.29) is 5.69 Å². The van der Waals surface area contributed by atoms with Gasteiger partial charge in [0, 0.05) is 30.6 Å². The van der Waals surface area contributed by atoms with E-state index in [1.165, 1.54) is 32.7 Å². The van der Waals surface area contributed by atoms with E-state index in [2.05, 4.69) is 91.0 Å². The maximum atomic E-state index is 13.1. The molecule has 0 fully saturated rings. The number of benzene rings is 6. The Balaban J connectivity index is 1.37. The van der Waals surface area contributed by atoms with Gasteiger partial charge in [0.25, 0.3) is 0 Å². The summed E-state index contributed by atoms with van der Waals surface area (Å²) in [6.45, 7) is 0. The quantitative estimate of drug-likeness (QED) is 0.219. The van der Waals surface area contributed by atoms with Crippen molar-refractivity contribution in [1.82, 2.24) is 19.1 Å². The Morgan fingerprint density at radius 3 is 1.68 bits per heavy atom. The van der Waals surface area contributed by atoms with Crippen molar-refractivity contribution in [2.45, 2.75) is 0 Å². The van der Waals surface area contributed by atoms with Crippen LogP contribution in [0.1, 0.15) is 0 Å². The average molecular weight is 529 g/mol. The monoisotopic (exact) mass is 528 g/mol. The molecule has 41 heavy (non-hydrogen) atoms. The highest BCUT2D eigenvalue weighted by Gasteiger charge is 2.18. The lowest BCUT2D eigenvalue weighted by molar-refractivity contribution is 0.816. The lowest BCUT2D eigenvalue weighted by Gasteiger charge is -2.17. The summed E-state index contributed by atoms with van der Waals surface area (Å²) < 4.78 is 3.19. The molecule has 0 bridgehead atoms. The maximum Gasteiger partial charge on any atom is 0.335 e. The van der Waals surface area contributed by atoms with Crippen molar-refractivity contribution < 1.29 is 0 Å². The van der Waals surface area contributed by atoms with Gasteiger partial charge in [0.1, 0.15) is 0 Å². The van der Waals surface area contributed by atoms with Crippen LogP contribution in [0.25, 0.3) is 71.6 Å². The number of aryl methyl sites for hydroxylation is 1. The number of hydrogen-bond acceptors (Lipinski definition) is 3. The number of nitrogens with zero attached hydrogens (tertiary/aromatic N) is 4. The number of fused-ring (bicyclic) bond motifs is 4. The molecule has 5 heteroatoms. The van der Waals surface area contributed by atoms with E-state index in [9.17, 15) is 4.79 Å². The average Bonchev–Trinajstić information content (AvgIpc) is 3.29. The first-order valence-corrected chi connectivity index (χ1v) is 13.6. The molecule has 0 radical (unpaired) electrons. The van der Waals surface area contributed by atoms with Crippen molar-refractivity contribution in [2.75, 3.05) is 0 Å². The molecule has 0 saturated heterocycles. The molecule has 2 heterocycles. The topological polar surface area (TPSA) is 52.7 Å². The fourth-order valence-corrected chi connectivity index (χ4v) is 6.15. The summed E-state index contributed by atoms with van der Waals surface area (Å²) in [4.78, 5) is 22.5. The van der Waals surface area contributed by atoms with E-state index < -0.39 is 0 Å². The third-order valence-electron chi connectivity index (χ3n) is 8.06. The minimum Gasteiger partial charge on any atom is -0.295 e. The summed E-state index contributed by atoms with van der Waals surface area (Å²) in [5.74, 6) is 0.358. The molecule has 0 spiro atoms.